The number of hydrazone groups is 1. The summed E-state index contributed by atoms with van der Waals surface area (Å²) < 4.78 is 10.3. The van der Waals surface area contributed by atoms with Crippen molar-refractivity contribution >= 4 is 23.2 Å². The second-order valence-electron chi connectivity index (χ2n) is 4.48. The molecule has 1 aliphatic rings. The van der Waals surface area contributed by atoms with E-state index < -0.39 is 0 Å². The number of nitrogens with one attached hydrogen (secondary N) is 1. The van der Waals surface area contributed by atoms with Gasteiger partial charge in [-0.1, -0.05) is 0 Å². The topological polar surface area (TPSA) is 80.2 Å². The number of ether oxygens (including phenoxy) is 2. The SMILES string of the molecule is COc1ccc(NC(=O)C2=NN(C)C(=O)CC2)c(OC)c1. The Kier molecular flexibility index (Phi) is 4.42. The molecule has 0 saturated carbocycles. The number of carbonyl (C=O) groups is 2. The van der Waals surface area contributed by atoms with Gasteiger partial charge in [0.05, 0.1) is 19.9 Å². The molecular weight excluding hydrogens is 274 g/mol. The van der Waals surface area contributed by atoms with E-state index in [0.717, 1.165) is 0 Å². The summed E-state index contributed by atoms with van der Waals surface area (Å²) in [5, 5.41) is 7.89. The van der Waals surface area contributed by atoms with Crippen LogP contribution in [-0.4, -0.2) is 43.8 Å². The largest absolute Gasteiger partial charge is 0.497 e. The normalized spacial score (nSPS) is 14.5. The lowest BCUT2D eigenvalue weighted by Crippen LogP contribution is -2.34. The van der Waals surface area contributed by atoms with Crippen molar-refractivity contribution in [3.05, 3.63) is 18.2 Å². The number of amides is 2. The van der Waals surface area contributed by atoms with E-state index in [1.165, 1.54) is 19.2 Å². The number of rotatable bonds is 4. The summed E-state index contributed by atoms with van der Waals surface area (Å²) in [6.07, 6.45) is 0.607. The standard InChI is InChI=1S/C14H17N3O4/c1-17-13(18)7-6-11(16-17)14(19)15-10-5-4-9(20-2)8-12(10)21-3/h4-5,8H,6-7H2,1-3H3,(H,15,19). The summed E-state index contributed by atoms with van der Waals surface area (Å²) in [5.74, 6) is 0.667. The zero-order valence-corrected chi connectivity index (χ0v) is 12.2. The van der Waals surface area contributed by atoms with Crippen molar-refractivity contribution in [3.63, 3.8) is 0 Å². The summed E-state index contributed by atoms with van der Waals surface area (Å²) in [4.78, 5) is 23.5. The number of anilines is 1. The summed E-state index contributed by atoms with van der Waals surface area (Å²) in [6, 6.07) is 5.08. The van der Waals surface area contributed by atoms with Gasteiger partial charge in [0.15, 0.2) is 0 Å². The first-order chi connectivity index (χ1) is 10.0. The monoisotopic (exact) mass is 291 g/mol. The Morgan fingerprint density at radius 1 is 1.29 bits per heavy atom. The Bertz CT molecular complexity index is 598. The van der Waals surface area contributed by atoms with E-state index in [4.69, 9.17) is 9.47 Å². The molecule has 0 radical (unpaired) electrons. The van der Waals surface area contributed by atoms with Gasteiger partial charge >= 0.3 is 0 Å². The highest BCUT2D eigenvalue weighted by atomic mass is 16.5. The fourth-order valence-corrected chi connectivity index (χ4v) is 1.93. The van der Waals surface area contributed by atoms with Crippen LogP contribution in [0.3, 0.4) is 0 Å². The lowest BCUT2D eigenvalue weighted by Gasteiger charge is -2.19. The maximum atomic E-state index is 12.2. The van der Waals surface area contributed by atoms with Crippen molar-refractivity contribution in [2.24, 2.45) is 5.10 Å². The first-order valence-corrected chi connectivity index (χ1v) is 6.42. The van der Waals surface area contributed by atoms with Crippen LogP contribution in [0.5, 0.6) is 11.5 Å². The van der Waals surface area contributed by atoms with Gasteiger partial charge in [0.25, 0.3) is 5.91 Å². The number of hydrogen-bond donors (Lipinski definition) is 1. The summed E-state index contributed by atoms with van der Waals surface area (Å²) >= 11 is 0. The van der Waals surface area contributed by atoms with Crippen LogP contribution in [-0.2, 0) is 9.59 Å². The van der Waals surface area contributed by atoms with Gasteiger partial charge in [-0.2, -0.15) is 5.10 Å². The molecule has 2 amide bonds. The third-order valence-electron chi connectivity index (χ3n) is 3.13. The van der Waals surface area contributed by atoms with E-state index in [-0.39, 0.29) is 18.2 Å². The molecule has 0 spiro atoms. The quantitative estimate of drug-likeness (QED) is 0.905. The van der Waals surface area contributed by atoms with Crippen LogP contribution in [0.25, 0.3) is 0 Å². The van der Waals surface area contributed by atoms with E-state index in [9.17, 15) is 9.59 Å². The number of carbonyl (C=O) groups excluding carboxylic acids is 2. The molecule has 7 heteroatoms. The molecule has 2 rings (SSSR count). The molecule has 0 bridgehead atoms. The molecule has 0 aliphatic carbocycles. The van der Waals surface area contributed by atoms with Crippen LogP contribution in [0.15, 0.2) is 23.3 Å². The van der Waals surface area contributed by atoms with Crippen molar-refractivity contribution in [2.75, 3.05) is 26.6 Å². The van der Waals surface area contributed by atoms with Crippen molar-refractivity contribution < 1.29 is 19.1 Å². The minimum absolute atomic E-state index is 0.103. The second kappa shape index (κ2) is 6.25. The van der Waals surface area contributed by atoms with E-state index in [0.29, 0.717) is 29.3 Å². The lowest BCUT2D eigenvalue weighted by atomic mass is 10.1. The highest BCUT2D eigenvalue weighted by Crippen LogP contribution is 2.29. The Balaban J connectivity index is 2.16. The molecule has 112 valence electrons. The van der Waals surface area contributed by atoms with Crippen molar-refractivity contribution in [3.8, 4) is 11.5 Å². The van der Waals surface area contributed by atoms with Crippen molar-refractivity contribution in [2.45, 2.75) is 12.8 Å². The van der Waals surface area contributed by atoms with Crippen molar-refractivity contribution in [1.82, 2.24) is 5.01 Å². The Hall–Kier alpha value is -2.57. The zero-order valence-electron chi connectivity index (χ0n) is 12.2. The fraction of sp³-hybridized carbons (Fsp3) is 0.357. The van der Waals surface area contributed by atoms with E-state index in [2.05, 4.69) is 10.4 Å². The van der Waals surface area contributed by atoms with Crippen molar-refractivity contribution in [1.29, 1.82) is 0 Å². The molecular formula is C14H17N3O4. The predicted octanol–water partition coefficient (Wildman–Crippen LogP) is 1.25. The molecule has 7 nitrogen and oxygen atoms in total. The molecule has 0 unspecified atom stereocenters. The molecule has 0 atom stereocenters. The highest BCUT2D eigenvalue weighted by molar-refractivity contribution is 6.43. The van der Waals surface area contributed by atoms with Gasteiger partial charge in [0.1, 0.15) is 17.2 Å². The predicted molar refractivity (Wildman–Crippen MR) is 77.6 cm³/mol. The first kappa shape index (κ1) is 14.8. The third-order valence-corrected chi connectivity index (χ3v) is 3.13. The smallest absolute Gasteiger partial charge is 0.271 e. The molecule has 1 heterocycles. The van der Waals surface area contributed by atoms with Gasteiger partial charge in [0.2, 0.25) is 5.91 Å². The Morgan fingerprint density at radius 3 is 2.67 bits per heavy atom. The molecule has 0 aromatic heterocycles. The van der Waals surface area contributed by atoms with Crippen LogP contribution < -0.4 is 14.8 Å². The van der Waals surface area contributed by atoms with Gasteiger partial charge in [0, 0.05) is 26.0 Å². The van der Waals surface area contributed by atoms with Gasteiger partial charge < -0.3 is 14.8 Å². The van der Waals surface area contributed by atoms with Crippen LogP contribution in [0, 0.1) is 0 Å². The number of methoxy groups -OCH3 is 2. The minimum Gasteiger partial charge on any atom is -0.497 e. The Labute approximate surface area is 122 Å². The number of nitrogens with zero attached hydrogens (tertiary/aromatic N) is 2. The summed E-state index contributed by atoms with van der Waals surface area (Å²) in [7, 11) is 4.59. The zero-order chi connectivity index (χ0) is 15.4. The van der Waals surface area contributed by atoms with Crippen LogP contribution >= 0.6 is 0 Å². The van der Waals surface area contributed by atoms with Gasteiger partial charge in [-0.3, -0.25) is 9.59 Å². The van der Waals surface area contributed by atoms with Crippen LogP contribution in [0.4, 0.5) is 5.69 Å². The van der Waals surface area contributed by atoms with Crippen LogP contribution in [0.2, 0.25) is 0 Å². The molecule has 1 aromatic rings. The lowest BCUT2D eigenvalue weighted by molar-refractivity contribution is -0.130. The Morgan fingerprint density at radius 2 is 2.05 bits per heavy atom. The highest BCUT2D eigenvalue weighted by Gasteiger charge is 2.22. The van der Waals surface area contributed by atoms with Gasteiger partial charge in [-0.05, 0) is 12.1 Å². The molecule has 21 heavy (non-hydrogen) atoms. The second-order valence-corrected chi connectivity index (χ2v) is 4.48. The third kappa shape index (κ3) is 3.31. The number of benzene rings is 1. The van der Waals surface area contributed by atoms with Gasteiger partial charge in [-0.25, -0.2) is 5.01 Å². The van der Waals surface area contributed by atoms with E-state index >= 15 is 0 Å². The molecule has 0 saturated heterocycles. The van der Waals surface area contributed by atoms with Crippen LogP contribution in [0.1, 0.15) is 12.8 Å². The molecule has 0 fully saturated rings. The maximum Gasteiger partial charge on any atom is 0.271 e. The molecule has 1 aliphatic heterocycles. The van der Waals surface area contributed by atoms with Gasteiger partial charge in [-0.15, -0.1) is 0 Å². The fourth-order valence-electron chi connectivity index (χ4n) is 1.93. The summed E-state index contributed by atoms with van der Waals surface area (Å²) in [6.45, 7) is 0. The average molecular weight is 291 g/mol. The minimum atomic E-state index is -0.349. The van der Waals surface area contributed by atoms with E-state index in [1.54, 1.807) is 25.3 Å². The first-order valence-electron chi connectivity index (χ1n) is 6.42. The average Bonchev–Trinajstić information content (AvgIpc) is 2.50. The number of hydrogen-bond acceptors (Lipinski definition) is 5. The maximum absolute atomic E-state index is 12.2. The molecule has 1 aromatic carbocycles. The van der Waals surface area contributed by atoms with E-state index in [1.807, 2.05) is 0 Å². The summed E-state index contributed by atoms with van der Waals surface area (Å²) in [5.41, 5.74) is 0.834. The molecule has 1 N–H and O–H groups in total.